The maximum atomic E-state index is 13.3. The van der Waals surface area contributed by atoms with Crippen molar-refractivity contribution in [1.29, 1.82) is 0 Å². The highest BCUT2D eigenvalue weighted by Crippen LogP contribution is 2.32. The van der Waals surface area contributed by atoms with Crippen molar-refractivity contribution in [3.63, 3.8) is 0 Å². The molecule has 0 aliphatic heterocycles. The van der Waals surface area contributed by atoms with Crippen LogP contribution < -0.4 is 5.32 Å². The number of nitrogens with one attached hydrogen (secondary N) is 1. The van der Waals surface area contributed by atoms with E-state index in [4.69, 9.17) is 0 Å². The van der Waals surface area contributed by atoms with E-state index in [2.05, 4.69) is 5.32 Å². The van der Waals surface area contributed by atoms with Gasteiger partial charge >= 0.3 is 6.18 Å². The fraction of sp³-hybridized carbons (Fsp3) is 0.400. The van der Waals surface area contributed by atoms with Crippen molar-refractivity contribution in [2.75, 3.05) is 7.05 Å². The Morgan fingerprint density at radius 2 is 1.53 bits per heavy atom. The molecule has 0 spiro atoms. The topological polar surface area (TPSA) is 12.0 Å². The number of rotatable bonds is 2. The van der Waals surface area contributed by atoms with E-state index in [-0.39, 0.29) is 12.4 Å². The highest BCUT2D eigenvalue weighted by atomic mass is 35.5. The van der Waals surface area contributed by atoms with Crippen molar-refractivity contribution in [3.05, 3.63) is 34.9 Å². The molecule has 1 N–H and O–H groups in total. The average Bonchev–Trinajstić information content (AvgIpc) is 2.14. The van der Waals surface area contributed by atoms with Gasteiger partial charge in [0, 0.05) is 11.6 Å². The van der Waals surface area contributed by atoms with Gasteiger partial charge in [-0.1, -0.05) is 0 Å². The van der Waals surface area contributed by atoms with Crippen LogP contribution in [-0.2, 0) is 6.18 Å². The predicted octanol–water partition coefficient (Wildman–Crippen LogP) is 3.69. The molecule has 0 aliphatic rings. The number of halogens is 6. The van der Waals surface area contributed by atoms with E-state index in [1.54, 1.807) is 0 Å². The van der Waals surface area contributed by atoms with Crippen LogP contribution in [0.5, 0.6) is 0 Å². The minimum Gasteiger partial charge on any atom is -0.313 e. The Labute approximate surface area is 101 Å². The molecular weight excluding hydrogens is 265 g/mol. The van der Waals surface area contributed by atoms with Crippen molar-refractivity contribution >= 4 is 12.4 Å². The lowest BCUT2D eigenvalue weighted by Crippen LogP contribution is -2.17. The third-order valence-corrected chi connectivity index (χ3v) is 2.27. The molecule has 0 saturated carbocycles. The summed E-state index contributed by atoms with van der Waals surface area (Å²) in [6.07, 6.45) is -4.75. The summed E-state index contributed by atoms with van der Waals surface area (Å²) in [5, 5.41) is 2.56. The molecule has 0 bridgehead atoms. The van der Waals surface area contributed by atoms with Gasteiger partial charge in [-0.3, -0.25) is 0 Å². The monoisotopic (exact) mass is 275 g/mol. The van der Waals surface area contributed by atoms with Crippen molar-refractivity contribution in [1.82, 2.24) is 5.32 Å². The van der Waals surface area contributed by atoms with E-state index < -0.39 is 35.0 Å². The van der Waals surface area contributed by atoms with Gasteiger partial charge in [0.2, 0.25) is 0 Å². The Morgan fingerprint density at radius 3 is 1.82 bits per heavy atom. The Balaban J connectivity index is 0.00000256. The quantitative estimate of drug-likeness (QED) is 0.812. The summed E-state index contributed by atoms with van der Waals surface area (Å²) in [6, 6.07) is -0.0966. The van der Waals surface area contributed by atoms with Gasteiger partial charge in [-0.25, -0.2) is 8.78 Å². The van der Waals surface area contributed by atoms with Crippen LogP contribution >= 0.6 is 12.4 Å². The van der Waals surface area contributed by atoms with Gasteiger partial charge in [-0.2, -0.15) is 13.2 Å². The molecule has 0 aliphatic carbocycles. The molecule has 1 aromatic rings. The first-order valence-electron chi connectivity index (χ1n) is 4.50. The first-order chi connectivity index (χ1) is 7.27. The first kappa shape index (κ1) is 16.1. The number of alkyl halides is 3. The largest absolute Gasteiger partial charge is 0.416 e. The second-order valence-corrected chi connectivity index (χ2v) is 3.36. The third-order valence-electron chi connectivity index (χ3n) is 2.27. The summed E-state index contributed by atoms with van der Waals surface area (Å²) in [5.41, 5.74) is -1.72. The Kier molecular flexibility index (Phi) is 5.35. The summed E-state index contributed by atoms with van der Waals surface area (Å²) in [7, 11) is 1.46. The van der Waals surface area contributed by atoms with Crippen LogP contribution in [0.3, 0.4) is 0 Å². The zero-order valence-corrected chi connectivity index (χ0v) is 9.85. The van der Waals surface area contributed by atoms with Gasteiger partial charge in [0.25, 0.3) is 0 Å². The Bertz CT molecular complexity index is 368. The zero-order chi connectivity index (χ0) is 12.5. The normalized spacial score (nSPS) is 13.1. The van der Waals surface area contributed by atoms with Gasteiger partial charge in [-0.05, 0) is 26.1 Å². The minimum atomic E-state index is -4.75. The van der Waals surface area contributed by atoms with Crippen LogP contribution in [0.25, 0.3) is 0 Å². The molecule has 0 saturated heterocycles. The maximum Gasteiger partial charge on any atom is 0.416 e. The molecule has 0 aromatic heterocycles. The van der Waals surface area contributed by atoms with Crippen LogP contribution in [0.4, 0.5) is 22.0 Å². The first-order valence-corrected chi connectivity index (χ1v) is 4.50. The number of hydrogen-bond donors (Lipinski definition) is 1. The van der Waals surface area contributed by atoms with Gasteiger partial charge in [0.05, 0.1) is 5.56 Å². The van der Waals surface area contributed by atoms with E-state index in [0.29, 0.717) is 12.1 Å². The van der Waals surface area contributed by atoms with Crippen molar-refractivity contribution in [2.45, 2.75) is 19.1 Å². The summed E-state index contributed by atoms with van der Waals surface area (Å²) < 4.78 is 63.2. The van der Waals surface area contributed by atoms with E-state index >= 15 is 0 Å². The maximum absolute atomic E-state index is 13.3. The smallest absolute Gasteiger partial charge is 0.313 e. The van der Waals surface area contributed by atoms with Gasteiger partial charge in [0.1, 0.15) is 11.6 Å². The van der Waals surface area contributed by atoms with Crippen LogP contribution in [0.1, 0.15) is 24.1 Å². The highest BCUT2D eigenvalue weighted by Gasteiger charge is 2.33. The minimum absolute atomic E-state index is 0. The fourth-order valence-corrected chi connectivity index (χ4v) is 1.31. The molecule has 1 rings (SSSR count). The van der Waals surface area contributed by atoms with E-state index in [1.807, 2.05) is 0 Å². The number of hydrogen-bond acceptors (Lipinski definition) is 1. The molecule has 1 aromatic carbocycles. The SMILES string of the molecule is CNC(C)c1c(F)cc(C(F)(F)F)cc1F.Cl. The molecule has 17 heavy (non-hydrogen) atoms. The average molecular weight is 276 g/mol. The summed E-state index contributed by atoms with van der Waals surface area (Å²) >= 11 is 0. The van der Waals surface area contributed by atoms with Gasteiger partial charge in [-0.15, -0.1) is 12.4 Å². The molecule has 0 amide bonds. The molecule has 1 unspecified atom stereocenters. The summed E-state index contributed by atoms with van der Waals surface area (Å²) in [5.74, 6) is -2.40. The van der Waals surface area contributed by atoms with Crippen LogP contribution in [0, 0.1) is 11.6 Å². The van der Waals surface area contributed by atoms with Crippen LogP contribution in [0.15, 0.2) is 12.1 Å². The number of benzene rings is 1. The van der Waals surface area contributed by atoms with E-state index in [1.165, 1.54) is 14.0 Å². The highest BCUT2D eigenvalue weighted by molar-refractivity contribution is 5.85. The zero-order valence-electron chi connectivity index (χ0n) is 9.03. The Hall–Kier alpha value is -0.880. The summed E-state index contributed by atoms with van der Waals surface area (Å²) in [4.78, 5) is 0. The molecule has 1 atom stereocenters. The standard InChI is InChI=1S/C10H10F5N.ClH/c1-5(16-2)9-7(11)3-6(4-8(9)12)10(13,14)15;/h3-5,16H,1-2H3;1H. The van der Waals surface area contributed by atoms with Crippen LogP contribution in [0.2, 0.25) is 0 Å². The van der Waals surface area contributed by atoms with Crippen LogP contribution in [-0.4, -0.2) is 7.05 Å². The lowest BCUT2D eigenvalue weighted by molar-refractivity contribution is -0.138. The molecule has 1 nitrogen and oxygen atoms in total. The van der Waals surface area contributed by atoms with Crippen molar-refractivity contribution in [2.24, 2.45) is 0 Å². The Morgan fingerprint density at radius 1 is 1.12 bits per heavy atom. The van der Waals surface area contributed by atoms with Crippen molar-refractivity contribution < 1.29 is 22.0 Å². The van der Waals surface area contributed by atoms with E-state index in [9.17, 15) is 22.0 Å². The van der Waals surface area contributed by atoms with E-state index in [0.717, 1.165) is 0 Å². The molecule has 0 radical (unpaired) electrons. The van der Waals surface area contributed by atoms with Gasteiger partial charge in [0.15, 0.2) is 0 Å². The molecular formula is C10H11ClF5N. The predicted molar refractivity (Wildman–Crippen MR) is 56.1 cm³/mol. The second-order valence-electron chi connectivity index (χ2n) is 3.36. The lowest BCUT2D eigenvalue weighted by Gasteiger charge is -2.15. The molecule has 98 valence electrons. The fourth-order valence-electron chi connectivity index (χ4n) is 1.31. The molecule has 0 fully saturated rings. The molecule has 7 heteroatoms. The summed E-state index contributed by atoms with van der Waals surface area (Å²) in [6.45, 7) is 1.45. The third kappa shape index (κ3) is 3.54. The lowest BCUT2D eigenvalue weighted by atomic mass is 10.0. The van der Waals surface area contributed by atoms with Gasteiger partial charge < -0.3 is 5.32 Å². The molecule has 0 heterocycles. The van der Waals surface area contributed by atoms with Crippen molar-refractivity contribution in [3.8, 4) is 0 Å². The second kappa shape index (κ2) is 5.64.